The fourth-order valence-electron chi connectivity index (χ4n) is 1.59. The summed E-state index contributed by atoms with van der Waals surface area (Å²) < 4.78 is 0. The second-order valence-corrected chi connectivity index (χ2v) is 4.24. The Labute approximate surface area is 97.6 Å². The van der Waals surface area contributed by atoms with Gasteiger partial charge in [-0.1, -0.05) is 27.7 Å². The van der Waals surface area contributed by atoms with Crippen molar-refractivity contribution in [3.63, 3.8) is 0 Å². The summed E-state index contributed by atoms with van der Waals surface area (Å²) in [5.74, 6) is -2.02. The molecule has 2 unspecified atom stereocenters. The summed E-state index contributed by atoms with van der Waals surface area (Å²) in [6.07, 6.45) is 1.81. The lowest BCUT2D eigenvalue weighted by Crippen LogP contribution is -2.40. The molecule has 4 heteroatoms. The van der Waals surface area contributed by atoms with Crippen LogP contribution in [0.2, 0.25) is 0 Å². The van der Waals surface area contributed by atoms with Gasteiger partial charge >= 0.3 is 5.97 Å². The van der Waals surface area contributed by atoms with Gasteiger partial charge in [0.25, 0.3) is 0 Å². The zero-order chi connectivity index (χ0) is 12.7. The minimum Gasteiger partial charge on any atom is -0.481 e. The number of aliphatic carboxylic acids is 1. The number of carbonyl (C=O) groups is 2. The van der Waals surface area contributed by atoms with E-state index in [0.717, 1.165) is 12.8 Å². The number of hydrogen-bond acceptors (Lipinski definition) is 2. The SMILES string of the molecule is CCCN(CCC)C(=O)C(C)C(C)C(=O)O. The fraction of sp³-hybridized carbons (Fsp3) is 0.833. The van der Waals surface area contributed by atoms with Crippen LogP contribution in [-0.4, -0.2) is 35.0 Å². The van der Waals surface area contributed by atoms with Crippen LogP contribution in [0.4, 0.5) is 0 Å². The van der Waals surface area contributed by atoms with Gasteiger partial charge in [0, 0.05) is 19.0 Å². The Morgan fingerprint density at radius 3 is 1.81 bits per heavy atom. The number of nitrogens with zero attached hydrogens (tertiary/aromatic N) is 1. The first-order valence-electron chi connectivity index (χ1n) is 5.97. The highest BCUT2D eigenvalue weighted by Gasteiger charge is 2.28. The molecule has 0 aliphatic rings. The van der Waals surface area contributed by atoms with Gasteiger partial charge in [0.15, 0.2) is 0 Å². The molecule has 94 valence electrons. The van der Waals surface area contributed by atoms with E-state index in [-0.39, 0.29) is 5.91 Å². The van der Waals surface area contributed by atoms with Crippen LogP contribution < -0.4 is 0 Å². The third-order valence-corrected chi connectivity index (χ3v) is 2.83. The Morgan fingerprint density at radius 1 is 1.06 bits per heavy atom. The molecule has 0 bridgehead atoms. The van der Waals surface area contributed by atoms with E-state index in [9.17, 15) is 9.59 Å². The van der Waals surface area contributed by atoms with Gasteiger partial charge in [-0.3, -0.25) is 9.59 Å². The van der Waals surface area contributed by atoms with Crippen LogP contribution in [0.15, 0.2) is 0 Å². The van der Waals surface area contributed by atoms with Crippen molar-refractivity contribution in [1.29, 1.82) is 0 Å². The monoisotopic (exact) mass is 229 g/mol. The molecule has 0 aromatic carbocycles. The van der Waals surface area contributed by atoms with E-state index >= 15 is 0 Å². The molecular formula is C12H23NO3. The lowest BCUT2D eigenvalue weighted by atomic mass is 9.94. The number of amides is 1. The largest absolute Gasteiger partial charge is 0.481 e. The lowest BCUT2D eigenvalue weighted by Gasteiger charge is -2.26. The van der Waals surface area contributed by atoms with E-state index in [0.29, 0.717) is 13.1 Å². The van der Waals surface area contributed by atoms with E-state index in [4.69, 9.17) is 5.11 Å². The van der Waals surface area contributed by atoms with Crippen LogP contribution in [-0.2, 0) is 9.59 Å². The fourth-order valence-corrected chi connectivity index (χ4v) is 1.59. The van der Waals surface area contributed by atoms with Crippen LogP contribution in [0.25, 0.3) is 0 Å². The second-order valence-electron chi connectivity index (χ2n) is 4.24. The molecule has 4 nitrogen and oxygen atoms in total. The zero-order valence-electron chi connectivity index (χ0n) is 10.7. The number of carbonyl (C=O) groups excluding carboxylic acids is 1. The molecule has 0 aromatic rings. The number of hydrogen-bond donors (Lipinski definition) is 1. The van der Waals surface area contributed by atoms with Crippen molar-refractivity contribution in [2.75, 3.05) is 13.1 Å². The van der Waals surface area contributed by atoms with Gasteiger partial charge in [-0.05, 0) is 12.8 Å². The maximum atomic E-state index is 12.0. The number of carboxylic acid groups (broad SMARTS) is 1. The third kappa shape index (κ3) is 4.21. The molecule has 0 fully saturated rings. The lowest BCUT2D eigenvalue weighted by molar-refractivity contribution is -0.149. The Bertz CT molecular complexity index is 234. The standard InChI is InChI=1S/C12H23NO3/c1-5-7-13(8-6-2)11(14)9(3)10(4)12(15)16/h9-10H,5-8H2,1-4H3,(H,15,16). The summed E-state index contributed by atoms with van der Waals surface area (Å²) in [6.45, 7) is 8.73. The van der Waals surface area contributed by atoms with Crippen LogP contribution in [0.1, 0.15) is 40.5 Å². The number of carboxylic acids is 1. The normalized spacial score (nSPS) is 14.2. The van der Waals surface area contributed by atoms with Gasteiger partial charge in [0.05, 0.1) is 5.92 Å². The Balaban J connectivity index is 4.52. The molecule has 2 atom stereocenters. The molecule has 0 aromatic heterocycles. The van der Waals surface area contributed by atoms with E-state index in [1.165, 1.54) is 0 Å². The molecule has 16 heavy (non-hydrogen) atoms. The summed E-state index contributed by atoms with van der Waals surface area (Å²) in [4.78, 5) is 24.6. The molecule has 0 saturated heterocycles. The second kappa shape index (κ2) is 7.25. The van der Waals surface area contributed by atoms with E-state index in [1.807, 2.05) is 13.8 Å². The summed E-state index contributed by atoms with van der Waals surface area (Å²) in [6, 6.07) is 0. The van der Waals surface area contributed by atoms with Crippen molar-refractivity contribution < 1.29 is 14.7 Å². The topological polar surface area (TPSA) is 57.6 Å². The van der Waals surface area contributed by atoms with Crippen LogP contribution in [0.5, 0.6) is 0 Å². The van der Waals surface area contributed by atoms with Crippen molar-refractivity contribution in [3.05, 3.63) is 0 Å². The molecule has 0 saturated carbocycles. The first-order chi connectivity index (χ1) is 7.45. The van der Waals surface area contributed by atoms with Gasteiger partial charge in [0.2, 0.25) is 5.91 Å². The maximum absolute atomic E-state index is 12.0. The first kappa shape index (κ1) is 14.9. The molecule has 1 N–H and O–H groups in total. The molecule has 1 amide bonds. The Kier molecular flexibility index (Phi) is 6.77. The van der Waals surface area contributed by atoms with E-state index in [2.05, 4.69) is 0 Å². The maximum Gasteiger partial charge on any atom is 0.307 e. The molecular weight excluding hydrogens is 206 g/mol. The molecule has 0 radical (unpaired) electrons. The zero-order valence-corrected chi connectivity index (χ0v) is 10.7. The first-order valence-corrected chi connectivity index (χ1v) is 5.97. The highest BCUT2D eigenvalue weighted by Crippen LogP contribution is 2.15. The quantitative estimate of drug-likeness (QED) is 0.726. The van der Waals surface area contributed by atoms with Gasteiger partial charge in [-0.2, -0.15) is 0 Å². The van der Waals surface area contributed by atoms with Crippen molar-refractivity contribution in [3.8, 4) is 0 Å². The van der Waals surface area contributed by atoms with Gasteiger partial charge in [-0.25, -0.2) is 0 Å². The summed E-state index contributed by atoms with van der Waals surface area (Å²) in [7, 11) is 0. The van der Waals surface area contributed by atoms with E-state index < -0.39 is 17.8 Å². The highest BCUT2D eigenvalue weighted by molar-refractivity contribution is 5.84. The van der Waals surface area contributed by atoms with Gasteiger partial charge < -0.3 is 10.0 Å². The molecule has 0 aliphatic carbocycles. The Morgan fingerprint density at radius 2 is 1.50 bits per heavy atom. The van der Waals surface area contributed by atoms with Crippen LogP contribution in [0.3, 0.4) is 0 Å². The predicted octanol–water partition coefficient (Wildman–Crippen LogP) is 1.99. The summed E-state index contributed by atoms with van der Waals surface area (Å²) >= 11 is 0. The van der Waals surface area contributed by atoms with Crippen molar-refractivity contribution in [1.82, 2.24) is 4.90 Å². The molecule has 0 rings (SSSR count). The molecule has 0 aliphatic heterocycles. The summed E-state index contributed by atoms with van der Waals surface area (Å²) in [5.41, 5.74) is 0. The van der Waals surface area contributed by atoms with Gasteiger partial charge in [0.1, 0.15) is 0 Å². The molecule has 0 heterocycles. The Hall–Kier alpha value is -1.06. The minimum atomic E-state index is -0.909. The van der Waals surface area contributed by atoms with Crippen LogP contribution in [0, 0.1) is 11.8 Å². The van der Waals surface area contributed by atoms with Gasteiger partial charge in [-0.15, -0.1) is 0 Å². The summed E-state index contributed by atoms with van der Waals surface area (Å²) in [5, 5.41) is 8.87. The van der Waals surface area contributed by atoms with Crippen molar-refractivity contribution in [2.24, 2.45) is 11.8 Å². The smallest absolute Gasteiger partial charge is 0.307 e. The van der Waals surface area contributed by atoms with Crippen LogP contribution >= 0.6 is 0 Å². The molecule has 0 spiro atoms. The highest BCUT2D eigenvalue weighted by atomic mass is 16.4. The third-order valence-electron chi connectivity index (χ3n) is 2.83. The average Bonchev–Trinajstić information content (AvgIpc) is 2.25. The number of rotatable bonds is 7. The van der Waals surface area contributed by atoms with Crippen molar-refractivity contribution in [2.45, 2.75) is 40.5 Å². The minimum absolute atomic E-state index is 0.0430. The van der Waals surface area contributed by atoms with Crippen molar-refractivity contribution >= 4 is 11.9 Å². The van der Waals surface area contributed by atoms with E-state index in [1.54, 1.807) is 18.7 Å². The average molecular weight is 229 g/mol. The predicted molar refractivity (Wildman–Crippen MR) is 63.1 cm³/mol.